The van der Waals surface area contributed by atoms with Gasteiger partial charge in [0.25, 0.3) is 0 Å². The zero-order chi connectivity index (χ0) is 14.0. The van der Waals surface area contributed by atoms with Gasteiger partial charge in [0.15, 0.2) is 0 Å². The quantitative estimate of drug-likeness (QED) is 0.904. The Morgan fingerprint density at radius 1 is 1.26 bits per heavy atom. The first kappa shape index (κ1) is 14.7. The van der Waals surface area contributed by atoms with Crippen LogP contribution in [0.15, 0.2) is 6.07 Å². The molecule has 1 aromatic carbocycles. The zero-order valence-corrected chi connectivity index (χ0v) is 12.9. The maximum absolute atomic E-state index is 6.39. The number of halogens is 1. The predicted octanol–water partition coefficient (Wildman–Crippen LogP) is 4.13. The molecule has 1 aromatic rings. The van der Waals surface area contributed by atoms with Crippen molar-refractivity contribution in [2.24, 2.45) is 5.73 Å². The molecule has 0 atom stereocenters. The topological polar surface area (TPSA) is 35.2 Å². The van der Waals surface area contributed by atoms with Crippen molar-refractivity contribution >= 4 is 11.6 Å². The highest BCUT2D eigenvalue weighted by molar-refractivity contribution is 6.31. The summed E-state index contributed by atoms with van der Waals surface area (Å²) < 4.78 is 5.68. The number of ether oxygens (including phenoxy) is 1. The number of rotatable bonds is 3. The van der Waals surface area contributed by atoms with Crippen LogP contribution in [0.1, 0.15) is 48.8 Å². The molecule has 0 bridgehead atoms. The van der Waals surface area contributed by atoms with Gasteiger partial charge in [-0.25, -0.2) is 0 Å². The van der Waals surface area contributed by atoms with Crippen LogP contribution < -0.4 is 10.5 Å². The lowest BCUT2D eigenvalue weighted by atomic mass is 9.67. The zero-order valence-electron chi connectivity index (χ0n) is 12.2. The largest absolute Gasteiger partial charge is 0.496 e. The molecule has 1 aliphatic carbocycles. The first-order chi connectivity index (χ1) is 9.05. The van der Waals surface area contributed by atoms with E-state index in [-0.39, 0.29) is 5.41 Å². The smallest absolute Gasteiger partial charge is 0.125 e. The normalized spacial score (nSPS) is 18.4. The Morgan fingerprint density at radius 3 is 2.42 bits per heavy atom. The van der Waals surface area contributed by atoms with Gasteiger partial charge in [-0.1, -0.05) is 30.9 Å². The van der Waals surface area contributed by atoms with Crippen LogP contribution in [0.2, 0.25) is 5.02 Å². The summed E-state index contributed by atoms with van der Waals surface area (Å²) in [5.41, 5.74) is 9.70. The summed E-state index contributed by atoms with van der Waals surface area (Å²) in [5.74, 6) is 0.981. The van der Waals surface area contributed by atoms with Crippen molar-refractivity contribution in [3.05, 3.63) is 27.8 Å². The molecule has 1 saturated carbocycles. The molecule has 106 valence electrons. The Hall–Kier alpha value is -0.730. The Morgan fingerprint density at radius 2 is 1.89 bits per heavy atom. The molecule has 0 saturated heterocycles. The summed E-state index contributed by atoms with van der Waals surface area (Å²) in [6.45, 7) is 4.82. The summed E-state index contributed by atoms with van der Waals surface area (Å²) in [5, 5.41) is 0.826. The number of benzene rings is 1. The standard InChI is InChI=1S/C16H24ClNO/c1-11-9-13(17)12(2)14(15(11)19-3)16(10-18)7-5-4-6-8-16/h9H,4-8,10,18H2,1-3H3. The minimum atomic E-state index is 0.0450. The first-order valence-electron chi connectivity index (χ1n) is 7.10. The Balaban J connectivity index is 2.64. The van der Waals surface area contributed by atoms with E-state index in [1.807, 2.05) is 6.07 Å². The van der Waals surface area contributed by atoms with Crippen molar-refractivity contribution < 1.29 is 4.74 Å². The van der Waals surface area contributed by atoms with Crippen LogP contribution >= 0.6 is 11.6 Å². The highest BCUT2D eigenvalue weighted by atomic mass is 35.5. The molecule has 0 amide bonds. The number of aryl methyl sites for hydroxylation is 1. The summed E-state index contributed by atoms with van der Waals surface area (Å²) in [6, 6.07) is 1.99. The second kappa shape index (κ2) is 5.72. The third-order valence-electron chi connectivity index (χ3n) is 4.60. The Labute approximate surface area is 121 Å². The molecule has 1 fully saturated rings. The van der Waals surface area contributed by atoms with E-state index in [1.165, 1.54) is 24.8 Å². The fourth-order valence-electron chi connectivity index (χ4n) is 3.54. The van der Waals surface area contributed by atoms with Gasteiger partial charge >= 0.3 is 0 Å². The van der Waals surface area contributed by atoms with E-state index in [0.717, 1.165) is 34.7 Å². The van der Waals surface area contributed by atoms with E-state index in [9.17, 15) is 0 Å². The van der Waals surface area contributed by atoms with E-state index in [0.29, 0.717) is 6.54 Å². The Kier molecular flexibility index (Phi) is 4.42. The van der Waals surface area contributed by atoms with Gasteiger partial charge < -0.3 is 10.5 Å². The first-order valence-corrected chi connectivity index (χ1v) is 7.48. The van der Waals surface area contributed by atoms with Gasteiger partial charge in [-0.2, -0.15) is 0 Å². The molecule has 19 heavy (non-hydrogen) atoms. The van der Waals surface area contributed by atoms with Crippen LogP contribution in [-0.2, 0) is 5.41 Å². The number of methoxy groups -OCH3 is 1. The van der Waals surface area contributed by atoms with E-state index < -0.39 is 0 Å². The maximum Gasteiger partial charge on any atom is 0.125 e. The monoisotopic (exact) mass is 281 g/mol. The summed E-state index contributed by atoms with van der Waals surface area (Å²) in [6.07, 6.45) is 6.07. The summed E-state index contributed by atoms with van der Waals surface area (Å²) in [7, 11) is 1.74. The molecule has 0 aromatic heterocycles. The van der Waals surface area contributed by atoms with Crippen molar-refractivity contribution in [3.63, 3.8) is 0 Å². The lowest BCUT2D eigenvalue weighted by Crippen LogP contribution is -2.38. The van der Waals surface area contributed by atoms with Crippen LogP contribution in [0, 0.1) is 13.8 Å². The molecule has 0 unspecified atom stereocenters. The lowest BCUT2D eigenvalue weighted by Gasteiger charge is -2.39. The van der Waals surface area contributed by atoms with Crippen LogP contribution in [0.4, 0.5) is 0 Å². The van der Waals surface area contributed by atoms with Gasteiger partial charge in [-0.3, -0.25) is 0 Å². The molecule has 0 aliphatic heterocycles. The molecule has 2 nitrogen and oxygen atoms in total. The van der Waals surface area contributed by atoms with Crippen LogP contribution in [0.25, 0.3) is 0 Å². The molecular formula is C16H24ClNO. The van der Waals surface area contributed by atoms with E-state index in [1.54, 1.807) is 7.11 Å². The SMILES string of the molecule is COc1c(C)cc(Cl)c(C)c1C1(CN)CCCCC1. The van der Waals surface area contributed by atoms with E-state index in [2.05, 4.69) is 13.8 Å². The van der Waals surface area contributed by atoms with Crippen molar-refractivity contribution in [1.82, 2.24) is 0 Å². The van der Waals surface area contributed by atoms with Crippen LogP contribution in [-0.4, -0.2) is 13.7 Å². The van der Waals surface area contributed by atoms with Crippen molar-refractivity contribution in [2.75, 3.05) is 13.7 Å². The van der Waals surface area contributed by atoms with Gasteiger partial charge in [-0.15, -0.1) is 0 Å². The van der Waals surface area contributed by atoms with Crippen LogP contribution in [0.3, 0.4) is 0 Å². The molecule has 0 radical (unpaired) electrons. The fourth-order valence-corrected chi connectivity index (χ4v) is 3.80. The minimum absolute atomic E-state index is 0.0450. The molecule has 2 rings (SSSR count). The summed E-state index contributed by atoms with van der Waals surface area (Å²) >= 11 is 6.39. The number of hydrogen-bond acceptors (Lipinski definition) is 2. The number of nitrogens with two attached hydrogens (primary N) is 1. The average molecular weight is 282 g/mol. The van der Waals surface area contributed by atoms with Gasteiger partial charge in [0.05, 0.1) is 7.11 Å². The third-order valence-corrected chi connectivity index (χ3v) is 4.99. The summed E-state index contributed by atoms with van der Waals surface area (Å²) in [4.78, 5) is 0. The third kappa shape index (κ3) is 2.48. The second-order valence-corrected chi connectivity index (χ2v) is 6.16. The van der Waals surface area contributed by atoms with Gasteiger partial charge in [0, 0.05) is 22.5 Å². The van der Waals surface area contributed by atoms with Crippen molar-refractivity contribution in [1.29, 1.82) is 0 Å². The Bertz CT molecular complexity index is 464. The van der Waals surface area contributed by atoms with Crippen molar-refractivity contribution in [2.45, 2.75) is 51.4 Å². The molecule has 3 heteroatoms. The fraction of sp³-hybridized carbons (Fsp3) is 0.625. The van der Waals surface area contributed by atoms with Crippen molar-refractivity contribution in [3.8, 4) is 5.75 Å². The highest BCUT2D eigenvalue weighted by Gasteiger charge is 2.37. The lowest BCUT2D eigenvalue weighted by molar-refractivity contribution is 0.286. The molecule has 0 heterocycles. The highest BCUT2D eigenvalue weighted by Crippen LogP contribution is 2.46. The van der Waals surface area contributed by atoms with Gasteiger partial charge in [0.2, 0.25) is 0 Å². The minimum Gasteiger partial charge on any atom is -0.496 e. The van der Waals surface area contributed by atoms with Gasteiger partial charge in [0.1, 0.15) is 5.75 Å². The number of hydrogen-bond donors (Lipinski definition) is 1. The predicted molar refractivity (Wildman–Crippen MR) is 81.3 cm³/mol. The second-order valence-electron chi connectivity index (χ2n) is 5.75. The van der Waals surface area contributed by atoms with E-state index >= 15 is 0 Å². The van der Waals surface area contributed by atoms with E-state index in [4.69, 9.17) is 22.1 Å². The molecule has 2 N–H and O–H groups in total. The molecule has 1 aliphatic rings. The molecule has 0 spiro atoms. The van der Waals surface area contributed by atoms with Crippen LogP contribution in [0.5, 0.6) is 5.75 Å². The van der Waals surface area contributed by atoms with Gasteiger partial charge in [-0.05, 0) is 43.9 Å². The molecular weight excluding hydrogens is 258 g/mol. The average Bonchev–Trinajstić information content (AvgIpc) is 2.43. The maximum atomic E-state index is 6.39.